The molecule has 0 aliphatic carbocycles. The summed E-state index contributed by atoms with van der Waals surface area (Å²) >= 11 is 0. The van der Waals surface area contributed by atoms with Crippen LogP contribution in [0.3, 0.4) is 0 Å². The fourth-order valence-electron chi connectivity index (χ4n) is 3.19. The lowest BCUT2D eigenvalue weighted by molar-refractivity contribution is -0.0916. The Morgan fingerprint density at radius 3 is 2.76 bits per heavy atom. The zero-order valence-electron chi connectivity index (χ0n) is 14.0. The first-order chi connectivity index (χ1) is 10.0. The van der Waals surface area contributed by atoms with E-state index in [4.69, 9.17) is 9.47 Å². The number of methoxy groups -OCH3 is 1. The summed E-state index contributed by atoms with van der Waals surface area (Å²) in [6.45, 7) is 10.3. The van der Waals surface area contributed by atoms with Crippen LogP contribution in [0.5, 0.6) is 5.75 Å². The smallest absolute Gasteiger partial charge is 0.161 e. The summed E-state index contributed by atoms with van der Waals surface area (Å²) in [7, 11) is 1.71. The molecular formula is C16H29N3O2. The molecule has 1 aromatic rings. The average Bonchev–Trinajstić information content (AvgIpc) is 2.89. The summed E-state index contributed by atoms with van der Waals surface area (Å²) in [5.41, 5.74) is 0.882. The Morgan fingerprint density at radius 2 is 2.24 bits per heavy atom. The summed E-state index contributed by atoms with van der Waals surface area (Å²) in [4.78, 5) is 0. The lowest BCUT2D eigenvalue weighted by Gasteiger charge is -2.41. The molecule has 21 heavy (non-hydrogen) atoms. The third-order valence-electron chi connectivity index (χ3n) is 4.30. The van der Waals surface area contributed by atoms with Gasteiger partial charge < -0.3 is 14.8 Å². The zero-order chi connectivity index (χ0) is 15.5. The number of likely N-dealkylation sites (N-methyl/N-ethyl adjacent to an activating group) is 1. The molecule has 0 bridgehead atoms. The number of nitrogens with zero attached hydrogens (tertiary/aromatic N) is 2. The van der Waals surface area contributed by atoms with Crippen LogP contribution in [0.1, 0.15) is 64.7 Å². The highest BCUT2D eigenvalue weighted by Crippen LogP contribution is 2.40. The molecule has 120 valence electrons. The standard InChI is InChI=1S/C16H29N3O2/c1-6-17-15(16(4)9-7-8-10-21-16)14-13(20-5)11-18-19(14)12(2)3/h11-12,15,17H,6-10H2,1-5H3. The first-order valence-corrected chi connectivity index (χ1v) is 8.02. The molecule has 2 heterocycles. The van der Waals surface area contributed by atoms with Gasteiger partial charge in [0.1, 0.15) is 5.69 Å². The number of hydrogen-bond donors (Lipinski definition) is 1. The predicted molar refractivity (Wildman–Crippen MR) is 83.8 cm³/mol. The van der Waals surface area contributed by atoms with E-state index in [-0.39, 0.29) is 17.7 Å². The lowest BCUT2D eigenvalue weighted by Crippen LogP contribution is -2.47. The molecule has 1 aromatic heterocycles. The molecule has 1 aliphatic heterocycles. The molecular weight excluding hydrogens is 266 g/mol. The van der Waals surface area contributed by atoms with Gasteiger partial charge >= 0.3 is 0 Å². The highest BCUT2D eigenvalue weighted by molar-refractivity contribution is 5.31. The average molecular weight is 295 g/mol. The highest BCUT2D eigenvalue weighted by atomic mass is 16.5. The molecule has 5 nitrogen and oxygen atoms in total. The van der Waals surface area contributed by atoms with E-state index in [0.29, 0.717) is 0 Å². The van der Waals surface area contributed by atoms with Crippen molar-refractivity contribution in [3.8, 4) is 5.75 Å². The van der Waals surface area contributed by atoms with Crippen molar-refractivity contribution in [3.05, 3.63) is 11.9 Å². The van der Waals surface area contributed by atoms with E-state index < -0.39 is 0 Å². The van der Waals surface area contributed by atoms with E-state index in [1.807, 2.05) is 6.20 Å². The molecule has 0 saturated carbocycles. The van der Waals surface area contributed by atoms with Gasteiger partial charge in [0.2, 0.25) is 0 Å². The van der Waals surface area contributed by atoms with E-state index in [1.165, 1.54) is 6.42 Å². The van der Waals surface area contributed by atoms with Crippen molar-refractivity contribution in [2.24, 2.45) is 0 Å². The highest BCUT2D eigenvalue weighted by Gasteiger charge is 2.41. The van der Waals surface area contributed by atoms with Gasteiger partial charge in [-0.2, -0.15) is 5.10 Å². The van der Waals surface area contributed by atoms with E-state index >= 15 is 0 Å². The molecule has 1 N–H and O–H groups in total. The maximum atomic E-state index is 6.18. The second-order valence-corrected chi connectivity index (χ2v) is 6.25. The monoisotopic (exact) mass is 295 g/mol. The third-order valence-corrected chi connectivity index (χ3v) is 4.30. The number of nitrogens with one attached hydrogen (secondary N) is 1. The normalized spacial score (nSPS) is 24.3. The number of ether oxygens (including phenoxy) is 2. The van der Waals surface area contributed by atoms with Gasteiger partial charge in [-0.3, -0.25) is 4.68 Å². The molecule has 1 saturated heterocycles. The molecule has 2 atom stereocenters. The van der Waals surface area contributed by atoms with Gasteiger partial charge in [-0.05, 0) is 46.6 Å². The maximum absolute atomic E-state index is 6.18. The van der Waals surface area contributed by atoms with Crippen molar-refractivity contribution in [2.75, 3.05) is 20.3 Å². The Labute approximate surface area is 128 Å². The SMILES string of the molecule is CCNC(c1c(OC)cnn1C(C)C)C1(C)CCCCO1. The van der Waals surface area contributed by atoms with Crippen LogP contribution in [-0.4, -0.2) is 35.6 Å². The first-order valence-electron chi connectivity index (χ1n) is 8.02. The minimum absolute atomic E-state index is 0.0858. The van der Waals surface area contributed by atoms with Crippen LogP contribution in [0.4, 0.5) is 0 Å². The van der Waals surface area contributed by atoms with Crippen LogP contribution in [-0.2, 0) is 4.74 Å². The van der Waals surface area contributed by atoms with Crippen molar-refractivity contribution in [2.45, 2.75) is 64.6 Å². The molecule has 2 rings (SSSR count). The van der Waals surface area contributed by atoms with E-state index in [1.54, 1.807) is 7.11 Å². The minimum Gasteiger partial charge on any atom is -0.493 e. The van der Waals surface area contributed by atoms with Crippen molar-refractivity contribution in [1.29, 1.82) is 0 Å². The number of rotatable bonds is 6. The molecule has 1 aliphatic rings. The van der Waals surface area contributed by atoms with Gasteiger partial charge in [0.05, 0.1) is 24.9 Å². The summed E-state index contributed by atoms with van der Waals surface area (Å²) in [5, 5.41) is 8.11. The van der Waals surface area contributed by atoms with Crippen LogP contribution in [0.2, 0.25) is 0 Å². The Hall–Kier alpha value is -1.07. The van der Waals surface area contributed by atoms with Crippen LogP contribution in [0.25, 0.3) is 0 Å². The molecule has 2 unspecified atom stereocenters. The summed E-state index contributed by atoms with van der Waals surface area (Å²) in [5.74, 6) is 0.838. The van der Waals surface area contributed by atoms with Gasteiger partial charge in [-0.1, -0.05) is 6.92 Å². The van der Waals surface area contributed by atoms with Crippen LogP contribution >= 0.6 is 0 Å². The largest absolute Gasteiger partial charge is 0.493 e. The van der Waals surface area contributed by atoms with Gasteiger partial charge in [0.25, 0.3) is 0 Å². The van der Waals surface area contributed by atoms with E-state index in [2.05, 4.69) is 42.8 Å². The number of aromatic nitrogens is 2. The lowest BCUT2D eigenvalue weighted by atomic mass is 9.85. The number of hydrogen-bond acceptors (Lipinski definition) is 4. The second-order valence-electron chi connectivity index (χ2n) is 6.25. The summed E-state index contributed by atoms with van der Waals surface area (Å²) < 4.78 is 13.8. The van der Waals surface area contributed by atoms with Gasteiger partial charge in [-0.15, -0.1) is 0 Å². The van der Waals surface area contributed by atoms with Gasteiger partial charge in [0, 0.05) is 12.6 Å². The van der Waals surface area contributed by atoms with Gasteiger partial charge in [-0.25, -0.2) is 0 Å². The van der Waals surface area contributed by atoms with Crippen LogP contribution in [0.15, 0.2) is 6.20 Å². The Kier molecular flexibility index (Phi) is 5.27. The molecule has 0 spiro atoms. The molecule has 0 amide bonds. The topological polar surface area (TPSA) is 48.3 Å². The van der Waals surface area contributed by atoms with Crippen molar-refractivity contribution in [1.82, 2.24) is 15.1 Å². The second kappa shape index (κ2) is 6.79. The molecule has 0 aromatic carbocycles. The Balaban J connectivity index is 2.44. The van der Waals surface area contributed by atoms with E-state index in [0.717, 1.165) is 37.4 Å². The third kappa shape index (κ3) is 3.24. The van der Waals surface area contributed by atoms with Crippen molar-refractivity contribution in [3.63, 3.8) is 0 Å². The quantitative estimate of drug-likeness (QED) is 0.876. The Bertz CT molecular complexity index is 450. The maximum Gasteiger partial charge on any atom is 0.161 e. The summed E-state index contributed by atoms with van der Waals surface area (Å²) in [6.07, 6.45) is 5.22. The zero-order valence-corrected chi connectivity index (χ0v) is 14.0. The fourth-order valence-corrected chi connectivity index (χ4v) is 3.19. The molecule has 1 fully saturated rings. The Morgan fingerprint density at radius 1 is 1.48 bits per heavy atom. The molecule has 5 heteroatoms. The fraction of sp³-hybridized carbons (Fsp3) is 0.812. The first kappa shape index (κ1) is 16.3. The van der Waals surface area contributed by atoms with E-state index in [9.17, 15) is 0 Å². The van der Waals surface area contributed by atoms with Crippen molar-refractivity contribution < 1.29 is 9.47 Å². The van der Waals surface area contributed by atoms with Gasteiger partial charge in [0.15, 0.2) is 5.75 Å². The van der Waals surface area contributed by atoms with Crippen LogP contribution < -0.4 is 10.1 Å². The minimum atomic E-state index is -0.214. The molecule has 0 radical (unpaired) electrons. The predicted octanol–water partition coefficient (Wildman–Crippen LogP) is 3.08. The van der Waals surface area contributed by atoms with Crippen molar-refractivity contribution >= 4 is 0 Å². The van der Waals surface area contributed by atoms with Crippen LogP contribution in [0, 0.1) is 0 Å². The summed E-state index contributed by atoms with van der Waals surface area (Å²) in [6, 6.07) is 0.375.